The molecule has 0 spiro atoms. The van der Waals surface area contributed by atoms with Crippen molar-refractivity contribution in [2.24, 2.45) is 7.05 Å². The number of amides is 1. The maximum Gasteiger partial charge on any atom is 0.252 e. The number of carbonyl (C=O) groups excluding carboxylic acids is 1. The first-order chi connectivity index (χ1) is 11.2. The van der Waals surface area contributed by atoms with Crippen molar-refractivity contribution in [3.8, 4) is 11.3 Å². The van der Waals surface area contributed by atoms with E-state index < -0.39 is 0 Å². The molecule has 3 aromatic rings. The Morgan fingerprint density at radius 1 is 1.39 bits per heavy atom. The first kappa shape index (κ1) is 15.1. The predicted octanol–water partition coefficient (Wildman–Crippen LogP) is 1.41. The molecule has 3 rings (SSSR count). The van der Waals surface area contributed by atoms with Gasteiger partial charge in [-0.15, -0.1) is 0 Å². The van der Waals surface area contributed by atoms with Crippen LogP contribution in [0.5, 0.6) is 0 Å². The third-order valence-electron chi connectivity index (χ3n) is 3.50. The second-order valence-corrected chi connectivity index (χ2v) is 5.05. The van der Waals surface area contributed by atoms with Gasteiger partial charge in [0.25, 0.3) is 5.91 Å². The summed E-state index contributed by atoms with van der Waals surface area (Å²) in [6, 6.07) is 5.51. The maximum atomic E-state index is 12.5. The average molecular weight is 311 g/mol. The number of hydrogen-bond donors (Lipinski definition) is 1. The van der Waals surface area contributed by atoms with Gasteiger partial charge in [-0.05, 0) is 18.2 Å². The first-order valence-corrected chi connectivity index (χ1v) is 7.21. The number of aryl methyl sites for hydroxylation is 1. The summed E-state index contributed by atoms with van der Waals surface area (Å²) in [4.78, 5) is 21.2. The molecule has 3 aromatic heterocycles. The standard InChI is InChI=1S/C16H17N5O2/c1-21-15-13(10-19-21)12(16(22)18-6-7-23-2)8-14(20-15)11-4-3-5-17-9-11/h3-5,8-10H,6-7H2,1-2H3,(H,18,22). The molecule has 1 N–H and O–H groups in total. The number of hydrogen-bond acceptors (Lipinski definition) is 5. The van der Waals surface area contributed by atoms with Gasteiger partial charge in [0.05, 0.1) is 29.4 Å². The van der Waals surface area contributed by atoms with Crippen molar-refractivity contribution in [3.63, 3.8) is 0 Å². The Kier molecular flexibility index (Phi) is 4.29. The number of pyridine rings is 2. The molecule has 0 unspecified atom stereocenters. The minimum absolute atomic E-state index is 0.174. The van der Waals surface area contributed by atoms with Crippen molar-refractivity contribution in [1.82, 2.24) is 25.1 Å². The summed E-state index contributed by atoms with van der Waals surface area (Å²) in [7, 11) is 3.40. The summed E-state index contributed by atoms with van der Waals surface area (Å²) in [5, 5.41) is 7.76. The molecule has 0 radical (unpaired) electrons. The Labute approximate surface area is 133 Å². The Morgan fingerprint density at radius 3 is 3.00 bits per heavy atom. The molecule has 0 saturated heterocycles. The lowest BCUT2D eigenvalue weighted by atomic mass is 10.1. The van der Waals surface area contributed by atoms with Crippen LogP contribution in [0, 0.1) is 0 Å². The van der Waals surface area contributed by atoms with Gasteiger partial charge in [-0.2, -0.15) is 5.10 Å². The van der Waals surface area contributed by atoms with Crippen molar-refractivity contribution in [2.45, 2.75) is 0 Å². The second kappa shape index (κ2) is 6.53. The van der Waals surface area contributed by atoms with Crippen LogP contribution >= 0.6 is 0 Å². The zero-order valence-electron chi connectivity index (χ0n) is 13.0. The van der Waals surface area contributed by atoms with Gasteiger partial charge in [0.1, 0.15) is 0 Å². The Hall–Kier alpha value is -2.80. The maximum absolute atomic E-state index is 12.5. The molecule has 7 nitrogen and oxygen atoms in total. The highest BCUT2D eigenvalue weighted by molar-refractivity contribution is 6.06. The monoisotopic (exact) mass is 311 g/mol. The average Bonchev–Trinajstić information content (AvgIpc) is 2.96. The third-order valence-corrected chi connectivity index (χ3v) is 3.50. The fourth-order valence-corrected chi connectivity index (χ4v) is 2.33. The number of nitrogens with one attached hydrogen (secondary N) is 1. The lowest BCUT2D eigenvalue weighted by Gasteiger charge is -2.08. The molecule has 23 heavy (non-hydrogen) atoms. The summed E-state index contributed by atoms with van der Waals surface area (Å²) < 4.78 is 6.61. The van der Waals surface area contributed by atoms with Crippen LogP contribution in [-0.4, -0.2) is 45.9 Å². The van der Waals surface area contributed by atoms with Crippen LogP contribution in [-0.2, 0) is 11.8 Å². The highest BCUT2D eigenvalue weighted by atomic mass is 16.5. The van der Waals surface area contributed by atoms with Crippen molar-refractivity contribution < 1.29 is 9.53 Å². The largest absolute Gasteiger partial charge is 0.383 e. The van der Waals surface area contributed by atoms with Gasteiger partial charge in [0, 0.05) is 38.7 Å². The van der Waals surface area contributed by atoms with E-state index in [0.29, 0.717) is 30.1 Å². The van der Waals surface area contributed by atoms with Gasteiger partial charge in [-0.3, -0.25) is 14.5 Å². The molecule has 118 valence electrons. The number of ether oxygens (including phenoxy) is 1. The smallest absolute Gasteiger partial charge is 0.252 e. The Bertz CT molecular complexity index is 829. The molecule has 0 aliphatic carbocycles. The molecule has 0 bridgehead atoms. The van der Waals surface area contributed by atoms with Crippen LogP contribution in [0.25, 0.3) is 22.3 Å². The normalized spacial score (nSPS) is 10.9. The van der Waals surface area contributed by atoms with Gasteiger partial charge in [-0.25, -0.2) is 4.98 Å². The van der Waals surface area contributed by atoms with Gasteiger partial charge in [0.2, 0.25) is 0 Å². The van der Waals surface area contributed by atoms with E-state index in [2.05, 4.69) is 20.4 Å². The fourth-order valence-electron chi connectivity index (χ4n) is 2.33. The van der Waals surface area contributed by atoms with Gasteiger partial charge >= 0.3 is 0 Å². The molecule has 7 heteroatoms. The number of rotatable bonds is 5. The van der Waals surface area contributed by atoms with E-state index >= 15 is 0 Å². The number of methoxy groups -OCH3 is 1. The Morgan fingerprint density at radius 2 is 2.26 bits per heavy atom. The number of carbonyl (C=O) groups is 1. The number of nitrogens with zero attached hydrogens (tertiary/aromatic N) is 4. The molecule has 0 aromatic carbocycles. The van der Waals surface area contributed by atoms with E-state index in [0.717, 1.165) is 10.9 Å². The van der Waals surface area contributed by atoms with Crippen LogP contribution in [0.3, 0.4) is 0 Å². The van der Waals surface area contributed by atoms with Crippen molar-refractivity contribution in [1.29, 1.82) is 0 Å². The summed E-state index contributed by atoms with van der Waals surface area (Å²) in [6.07, 6.45) is 5.07. The quantitative estimate of drug-likeness (QED) is 0.720. The van der Waals surface area contributed by atoms with E-state index in [1.807, 2.05) is 12.1 Å². The zero-order chi connectivity index (χ0) is 16.2. The molecule has 0 aliphatic rings. The number of fused-ring (bicyclic) bond motifs is 1. The minimum atomic E-state index is -0.174. The SMILES string of the molecule is COCCNC(=O)c1cc(-c2cccnc2)nc2c1cnn2C. The van der Waals surface area contributed by atoms with Gasteiger partial charge in [0.15, 0.2) is 5.65 Å². The van der Waals surface area contributed by atoms with E-state index in [9.17, 15) is 4.79 Å². The van der Waals surface area contributed by atoms with E-state index in [1.54, 1.807) is 43.5 Å². The first-order valence-electron chi connectivity index (χ1n) is 7.21. The van der Waals surface area contributed by atoms with E-state index in [1.165, 1.54) is 0 Å². The number of aromatic nitrogens is 4. The molecular weight excluding hydrogens is 294 g/mol. The van der Waals surface area contributed by atoms with Crippen LogP contribution in [0.15, 0.2) is 36.8 Å². The lowest BCUT2D eigenvalue weighted by Crippen LogP contribution is -2.27. The predicted molar refractivity (Wildman–Crippen MR) is 85.9 cm³/mol. The van der Waals surface area contributed by atoms with Crippen molar-refractivity contribution in [3.05, 3.63) is 42.4 Å². The highest BCUT2D eigenvalue weighted by Crippen LogP contribution is 2.24. The second-order valence-electron chi connectivity index (χ2n) is 5.05. The third kappa shape index (κ3) is 3.04. The molecule has 0 saturated carbocycles. The molecule has 0 aliphatic heterocycles. The molecule has 3 heterocycles. The summed E-state index contributed by atoms with van der Waals surface area (Å²) in [6.45, 7) is 0.907. The molecular formula is C16H17N5O2. The lowest BCUT2D eigenvalue weighted by molar-refractivity contribution is 0.0938. The minimum Gasteiger partial charge on any atom is -0.383 e. The van der Waals surface area contributed by atoms with Crippen molar-refractivity contribution >= 4 is 16.9 Å². The fraction of sp³-hybridized carbons (Fsp3) is 0.250. The van der Waals surface area contributed by atoms with Gasteiger partial charge < -0.3 is 10.1 Å². The Balaban J connectivity index is 2.07. The van der Waals surface area contributed by atoms with E-state index in [-0.39, 0.29) is 5.91 Å². The summed E-state index contributed by atoms with van der Waals surface area (Å²) in [5.41, 5.74) is 2.73. The van der Waals surface area contributed by atoms with E-state index in [4.69, 9.17) is 4.74 Å². The molecule has 0 atom stereocenters. The molecule has 0 fully saturated rings. The van der Waals surface area contributed by atoms with Crippen LogP contribution < -0.4 is 5.32 Å². The zero-order valence-corrected chi connectivity index (χ0v) is 13.0. The topological polar surface area (TPSA) is 81.9 Å². The summed E-state index contributed by atoms with van der Waals surface area (Å²) >= 11 is 0. The van der Waals surface area contributed by atoms with Crippen LogP contribution in [0.4, 0.5) is 0 Å². The van der Waals surface area contributed by atoms with Crippen molar-refractivity contribution in [2.75, 3.05) is 20.3 Å². The van der Waals surface area contributed by atoms with Crippen LogP contribution in [0.2, 0.25) is 0 Å². The highest BCUT2D eigenvalue weighted by Gasteiger charge is 2.16. The van der Waals surface area contributed by atoms with Crippen LogP contribution in [0.1, 0.15) is 10.4 Å². The van der Waals surface area contributed by atoms with Gasteiger partial charge in [-0.1, -0.05) is 0 Å². The molecule has 1 amide bonds. The summed E-state index contributed by atoms with van der Waals surface area (Å²) in [5.74, 6) is -0.174.